The zero-order chi connectivity index (χ0) is 20.8. The highest BCUT2D eigenvalue weighted by Gasteiger charge is 2.21. The van der Waals surface area contributed by atoms with Crippen LogP contribution in [-0.2, 0) is 16.0 Å². The lowest BCUT2D eigenvalue weighted by Crippen LogP contribution is -2.31. The number of carboxylic acids is 1. The van der Waals surface area contributed by atoms with Gasteiger partial charge in [-0.3, -0.25) is 9.59 Å². The van der Waals surface area contributed by atoms with Crippen molar-refractivity contribution in [1.29, 1.82) is 0 Å². The molecule has 6 nitrogen and oxygen atoms in total. The molecule has 0 saturated carbocycles. The first-order chi connectivity index (χ1) is 13.2. The van der Waals surface area contributed by atoms with Crippen LogP contribution in [0.5, 0.6) is 11.5 Å². The van der Waals surface area contributed by atoms with E-state index in [4.69, 9.17) is 9.47 Å². The molecule has 0 aliphatic carbocycles. The van der Waals surface area contributed by atoms with E-state index in [9.17, 15) is 14.7 Å². The number of benzene rings is 2. The van der Waals surface area contributed by atoms with Crippen molar-refractivity contribution >= 4 is 11.9 Å². The van der Waals surface area contributed by atoms with Gasteiger partial charge in [-0.2, -0.15) is 0 Å². The van der Waals surface area contributed by atoms with Crippen molar-refractivity contribution in [3.8, 4) is 11.5 Å². The second-order valence-corrected chi connectivity index (χ2v) is 6.89. The first kappa shape index (κ1) is 21.3. The lowest BCUT2D eigenvalue weighted by Gasteiger charge is -2.20. The summed E-state index contributed by atoms with van der Waals surface area (Å²) in [6.07, 6.45) is -0.0333. The van der Waals surface area contributed by atoms with Gasteiger partial charge in [0.25, 0.3) is 0 Å². The molecule has 1 atom stereocenters. The van der Waals surface area contributed by atoms with E-state index in [1.54, 1.807) is 18.2 Å². The first-order valence-corrected chi connectivity index (χ1v) is 9.05. The third-order valence-corrected chi connectivity index (χ3v) is 4.70. The second-order valence-electron chi connectivity index (χ2n) is 6.89. The molecule has 0 radical (unpaired) electrons. The van der Waals surface area contributed by atoms with Crippen molar-refractivity contribution in [3.05, 3.63) is 58.1 Å². The van der Waals surface area contributed by atoms with Gasteiger partial charge in [-0.05, 0) is 55.2 Å². The molecule has 0 bridgehead atoms. The molecule has 2 N–H and O–H groups in total. The Labute approximate surface area is 165 Å². The Hall–Kier alpha value is -3.02. The molecule has 1 unspecified atom stereocenters. The van der Waals surface area contributed by atoms with Crippen molar-refractivity contribution < 1.29 is 24.2 Å². The van der Waals surface area contributed by atoms with Gasteiger partial charge >= 0.3 is 5.97 Å². The van der Waals surface area contributed by atoms with Crippen LogP contribution in [0.2, 0.25) is 0 Å². The van der Waals surface area contributed by atoms with Gasteiger partial charge in [0.05, 0.1) is 33.1 Å². The fourth-order valence-electron chi connectivity index (χ4n) is 3.39. The van der Waals surface area contributed by atoms with Crippen molar-refractivity contribution in [3.63, 3.8) is 0 Å². The van der Waals surface area contributed by atoms with Crippen molar-refractivity contribution in [2.45, 2.75) is 39.7 Å². The zero-order valence-corrected chi connectivity index (χ0v) is 17.0. The zero-order valence-electron chi connectivity index (χ0n) is 17.0. The van der Waals surface area contributed by atoms with Crippen LogP contribution in [0.4, 0.5) is 0 Å². The van der Waals surface area contributed by atoms with E-state index in [2.05, 4.69) is 5.32 Å². The minimum absolute atomic E-state index is 0.196. The third-order valence-electron chi connectivity index (χ3n) is 4.70. The maximum Gasteiger partial charge on any atom is 0.305 e. The number of aliphatic carboxylic acids is 1. The summed E-state index contributed by atoms with van der Waals surface area (Å²) in [5, 5.41) is 12.1. The molecular formula is C22H27NO5. The number of ether oxygens (including phenoxy) is 2. The molecule has 2 aromatic rings. The number of carbonyl (C=O) groups excluding carboxylic acids is 1. The maximum absolute atomic E-state index is 12.7. The number of rotatable bonds is 8. The van der Waals surface area contributed by atoms with Gasteiger partial charge < -0.3 is 19.9 Å². The number of nitrogens with one attached hydrogen (secondary N) is 1. The van der Waals surface area contributed by atoms with Gasteiger partial charge in [0.1, 0.15) is 0 Å². The van der Waals surface area contributed by atoms with E-state index >= 15 is 0 Å². The fraction of sp³-hybridized carbons (Fsp3) is 0.364. The summed E-state index contributed by atoms with van der Waals surface area (Å²) in [6, 6.07) is 8.53. The van der Waals surface area contributed by atoms with E-state index in [1.807, 2.05) is 32.9 Å². The fourth-order valence-corrected chi connectivity index (χ4v) is 3.39. The minimum Gasteiger partial charge on any atom is -0.493 e. The Morgan fingerprint density at radius 3 is 2.14 bits per heavy atom. The Kier molecular flexibility index (Phi) is 7.04. The summed E-state index contributed by atoms with van der Waals surface area (Å²) in [7, 11) is 3.04. The molecule has 0 aromatic heterocycles. The van der Waals surface area contributed by atoms with E-state index in [-0.39, 0.29) is 18.7 Å². The van der Waals surface area contributed by atoms with Crippen LogP contribution in [-0.4, -0.2) is 31.2 Å². The predicted octanol–water partition coefficient (Wildman–Crippen LogP) is 3.50. The number of hydrogen-bond acceptors (Lipinski definition) is 4. The average Bonchev–Trinajstić information content (AvgIpc) is 2.63. The van der Waals surface area contributed by atoms with E-state index in [0.717, 1.165) is 22.3 Å². The average molecular weight is 385 g/mol. The van der Waals surface area contributed by atoms with Crippen LogP contribution < -0.4 is 14.8 Å². The summed E-state index contributed by atoms with van der Waals surface area (Å²) < 4.78 is 10.5. The molecule has 28 heavy (non-hydrogen) atoms. The molecule has 6 heteroatoms. The minimum atomic E-state index is -0.997. The number of carbonyl (C=O) groups is 2. The third kappa shape index (κ3) is 5.25. The molecule has 0 spiro atoms. The SMILES string of the molecule is COc1ccc(C(CC(=O)O)NC(=O)Cc2c(C)cc(C)cc2C)cc1OC. The smallest absolute Gasteiger partial charge is 0.305 e. The second kappa shape index (κ2) is 9.26. The number of carboxylic acid groups (broad SMARTS) is 1. The molecule has 0 fully saturated rings. The van der Waals surface area contributed by atoms with E-state index in [1.165, 1.54) is 14.2 Å². The Morgan fingerprint density at radius 1 is 1.00 bits per heavy atom. The summed E-state index contributed by atoms with van der Waals surface area (Å²) in [6.45, 7) is 5.97. The van der Waals surface area contributed by atoms with E-state index in [0.29, 0.717) is 17.1 Å². The molecule has 0 saturated heterocycles. The lowest BCUT2D eigenvalue weighted by atomic mass is 9.96. The van der Waals surface area contributed by atoms with Crippen LogP contribution in [0.15, 0.2) is 30.3 Å². The summed E-state index contributed by atoms with van der Waals surface area (Å²) in [4.78, 5) is 24.0. The standard InChI is InChI=1S/C22H27NO5/c1-13-8-14(2)17(15(3)9-13)11-21(24)23-18(12-22(25)26)16-6-7-19(27-4)20(10-16)28-5/h6-10,18H,11-12H2,1-5H3,(H,23,24)(H,25,26). The molecule has 2 aromatic carbocycles. The van der Waals surface area contributed by atoms with Gasteiger partial charge in [0.15, 0.2) is 11.5 Å². The van der Waals surface area contributed by atoms with E-state index < -0.39 is 12.0 Å². The normalized spacial score (nSPS) is 11.6. The summed E-state index contributed by atoms with van der Waals surface area (Å²) in [5.41, 5.74) is 4.85. The Balaban J connectivity index is 2.25. The number of aryl methyl sites for hydroxylation is 3. The van der Waals surface area contributed by atoms with Gasteiger partial charge in [0.2, 0.25) is 5.91 Å². The number of methoxy groups -OCH3 is 2. The van der Waals surface area contributed by atoms with Crippen LogP contribution in [0.25, 0.3) is 0 Å². The predicted molar refractivity (Wildman–Crippen MR) is 107 cm³/mol. The monoisotopic (exact) mass is 385 g/mol. The highest BCUT2D eigenvalue weighted by atomic mass is 16.5. The first-order valence-electron chi connectivity index (χ1n) is 9.05. The largest absolute Gasteiger partial charge is 0.493 e. The van der Waals surface area contributed by atoms with Crippen LogP contribution >= 0.6 is 0 Å². The molecule has 150 valence electrons. The Morgan fingerprint density at radius 2 is 1.61 bits per heavy atom. The molecule has 0 aliphatic rings. The van der Waals surface area contributed by atoms with Gasteiger partial charge in [-0.15, -0.1) is 0 Å². The van der Waals surface area contributed by atoms with Gasteiger partial charge in [-0.1, -0.05) is 23.8 Å². The van der Waals surface area contributed by atoms with Crippen molar-refractivity contribution in [2.24, 2.45) is 0 Å². The molecule has 0 aliphatic heterocycles. The van der Waals surface area contributed by atoms with Crippen molar-refractivity contribution in [2.75, 3.05) is 14.2 Å². The number of hydrogen-bond donors (Lipinski definition) is 2. The lowest BCUT2D eigenvalue weighted by molar-refractivity contribution is -0.137. The van der Waals surface area contributed by atoms with Gasteiger partial charge in [-0.25, -0.2) is 0 Å². The summed E-state index contributed by atoms with van der Waals surface area (Å²) >= 11 is 0. The topological polar surface area (TPSA) is 84.9 Å². The maximum atomic E-state index is 12.7. The Bertz CT molecular complexity index is 852. The quantitative estimate of drug-likeness (QED) is 0.726. The van der Waals surface area contributed by atoms with Gasteiger partial charge in [0, 0.05) is 0 Å². The van der Waals surface area contributed by atoms with Crippen LogP contribution in [0, 0.1) is 20.8 Å². The number of amides is 1. The molecule has 2 rings (SSSR count). The van der Waals surface area contributed by atoms with Crippen LogP contribution in [0.3, 0.4) is 0 Å². The van der Waals surface area contributed by atoms with Crippen LogP contribution in [0.1, 0.15) is 40.3 Å². The highest BCUT2D eigenvalue weighted by Crippen LogP contribution is 2.31. The molecule has 1 amide bonds. The van der Waals surface area contributed by atoms with Crippen molar-refractivity contribution in [1.82, 2.24) is 5.32 Å². The highest BCUT2D eigenvalue weighted by molar-refractivity contribution is 5.80. The molecule has 0 heterocycles. The molecular weight excluding hydrogens is 358 g/mol. The summed E-state index contributed by atoms with van der Waals surface area (Å²) in [5.74, 6) is -0.203.